The Labute approximate surface area is 120 Å². The maximum atomic E-state index is 11.3. The Kier molecular flexibility index (Phi) is 5.22. The van der Waals surface area contributed by atoms with E-state index >= 15 is 0 Å². The molecule has 0 amide bonds. The molecule has 1 aliphatic carbocycles. The van der Waals surface area contributed by atoms with Crippen LogP contribution in [-0.4, -0.2) is 19.0 Å². The predicted molar refractivity (Wildman–Crippen MR) is 80.2 cm³/mol. The van der Waals surface area contributed by atoms with Crippen LogP contribution < -0.4 is 9.47 Å². The van der Waals surface area contributed by atoms with Crippen molar-refractivity contribution >= 4 is 11.9 Å². The third-order valence-corrected chi connectivity index (χ3v) is 3.59. The first-order chi connectivity index (χ1) is 9.72. The van der Waals surface area contributed by atoms with Gasteiger partial charge in [0.1, 0.15) is 0 Å². The summed E-state index contributed by atoms with van der Waals surface area (Å²) < 4.78 is 11.4. The molecule has 0 unspecified atom stereocenters. The number of allylic oxidation sites excluding steroid dienone is 1. The quantitative estimate of drug-likeness (QED) is 0.735. The molecule has 0 heterocycles. The van der Waals surface area contributed by atoms with Gasteiger partial charge in [-0.05, 0) is 49.5 Å². The van der Waals surface area contributed by atoms with Gasteiger partial charge in [0.15, 0.2) is 17.3 Å². The maximum absolute atomic E-state index is 11.3. The molecule has 1 aromatic carbocycles. The molecule has 3 heteroatoms. The van der Waals surface area contributed by atoms with Gasteiger partial charge in [0.2, 0.25) is 0 Å². The maximum Gasteiger partial charge on any atom is 0.162 e. The Bertz CT molecular complexity index is 485. The summed E-state index contributed by atoms with van der Waals surface area (Å²) in [7, 11) is 1.65. The third kappa shape index (κ3) is 3.86. The molecular weight excluding hydrogens is 252 g/mol. The fraction of sp³-hybridized carbons (Fsp3) is 0.471. The van der Waals surface area contributed by atoms with E-state index in [1.165, 1.54) is 12.8 Å². The van der Waals surface area contributed by atoms with E-state index in [1.807, 2.05) is 31.2 Å². The Morgan fingerprint density at radius 2 is 2.05 bits per heavy atom. The molecule has 1 saturated carbocycles. The monoisotopic (exact) mass is 274 g/mol. The van der Waals surface area contributed by atoms with Crippen molar-refractivity contribution in [2.45, 2.75) is 45.1 Å². The topological polar surface area (TPSA) is 35.5 Å². The van der Waals surface area contributed by atoms with Crippen LogP contribution in [0.3, 0.4) is 0 Å². The average molecular weight is 274 g/mol. The lowest BCUT2D eigenvalue weighted by molar-refractivity contribution is -0.114. The van der Waals surface area contributed by atoms with Crippen LogP contribution in [0.4, 0.5) is 0 Å². The molecule has 0 saturated heterocycles. The van der Waals surface area contributed by atoms with E-state index in [0.717, 1.165) is 29.9 Å². The van der Waals surface area contributed by atoms with Gasteiger partial charge in [-0.1, -0.05) is 19.1 Å². The van der Waals surface area contributed by atoms with Crippen molar-refractivity contribution in [2.24, 2.45) is 0 Å². The highest BCUT2D eigenvalue weighted by Crippen LogP contribution is 2.32. The van der Waals surface area contributed by atoms with Crippen LogP contribution in [0.15, 0.2) is 24.3 Å². The largest absolute Gasteiger partial charge is 0.493 e. The van der Waals surface area contributed by atoms with Crippen molar-refractivity contribution in [1.29, 1.82) is 0 Å². The van der Waals surface area contributed by atoms with Gasteiger partial charge >= 0.3 is 0 Å². The van der Waals surface area contributed by atoms with Crippen LogP contribution >= 0.6 is 0 Å². The van der Waals surface area contributed by atoms with Crippen LogP contribution in [0.2, 0.25) is 0 Å². The van der Waals surface area contributed by atoms with Crippen LogP contribution in [0.1, 0.15) is 44.6 Å². The van der Waals surface area contributed by atoms with E-state index in [2.05, 4.69) is 0 Å². The Morgan fingerprint density at radius 1 is 1.30 bits per heavy atom. The minimum atomic E-state index is 0.124. The van der Waals surface area contributed by atoms with Crippen LogP contribution in [-0.2, 0) is 4.79 Å². The molecule has 3 nitrogen and oxygen atoms in total. The highest BCUT2D eigenvalue weighted by atomic mass is 16.5. The number of rotatable bonds is 6. The standard InChI is InChI=1S/C17H22O3/c1-3-14(18)10-8-13-9-11-16(19-2)17(12-13)20-15-6-4-5-7-15/h8-12,15H,3-7H2,1-2H3/b10-8+. The minimum Gasteiger partial charge on any atom is -0.493 e. The van der Waals surface area contributed by atoms with Crippen molar-refractivity contribution < 1.29 is 14.3 Å². The van der Waals surface area contributed by atoms with E-state index in [-0.39, 0.29) is 5.78 Å². The van der Waals surface area contributed by atoms with Crippen molar-refractivity contribution in [3.8, 4) is 11.5 Å². The van der Waals surface area contributed by atoms with E-state index < -0.39 is 0 Å². The highest BCUT2D eigenvalue weighted by Gasteiger charge is 2.18. The van der Waals surface area contributed by atoms with Crippen molar-refractivity contribution in [3.63, 3.8) is 0 Å². The van der Waals surface area contributed by atoms with Gasteiger partial charge in [-0.2, -0.15) is 0 Å². The second kappa shape index (κ2) is 7.13. The summed E-state index contributed by atoms with van der Waals surface area (Å²) in [6, 6.07) is 5.76. The smallest absolute Gasteiger partial charge is 0.162 e. The molecule has 2 rings (SSSR count). The van der Waals surface area contributed by atoms with Crippen molar-refractivity contribution in [2.75, 3.05) is 7.11 Å². The summed E-state index contributed by atoms with van der Waals surface area (Å²) >= 11 is 0. The number of ether oxygens (including phenoxy) is 2. The summed E-state index contributed by atoms with van der Waals surface area (Å²) in [5.74, 6) is 1.64. The number of carbonyl (C=O) groups is 1. The normalized spacial score (nSPS) is 15.7. The lowest BCUT2D eigenvalue weighted by Crippen LogP contribution is -2.11. The van der Waals surface area contributed by atoms with E-state index in [1.54, 1.807) is 13.2 Å². The number of methoxy groups -OCH3 is 1. The molecule has 108 valence electrons. The number of benzene rings is 1. The number of carbonyl (C=O) groups excluding carboxylic acids is 1. The van der Waals surface area contributed by atoms with Gasteiger partial charge in [-0.25, -0.2) is 0 Å². The van der Waals surface area contributed by atoms with Crippen LogP contribution in [0.5, 0.6) is 11.5 Å². The van der Waals surface area contributed by atoms with Crippen LogP contribution in [0.25, 0.3) is 6.08 Å². The van der Waals surface area contributed by atoms with Gasteiger partial charge in [-0.15, -0.1) is 0 Å². The molecule has 0 spiro atoms. The molecule has 0 N–H and O–H groups in total. The zero-order valence-corrected chi connectivity index (χ0v) is 12.2. The molecule has 1 aliphatic rings. The molecule has 0 aliphatic heterocycles. The Hall–Kier alpha value is -1.77. The van der Waals surface area contributed by atoms with Gasteiger partial charge in [-0.3, -0.25) is 4.79 Å². The van der Waals surface area contributed by atoms with E-state index in [9.17, 15) is 4.79 Å². The van der Waals surface area contributed by atoms with E-state index in [4.69, 9.17) is 9.47 Å². The third-order valence-electron chi connectivity index (χ3n) is 3.59. The fourth-order valence-electron chi connectivity index (χ4n) is 2.38. The highest BCUT2D eigenvalue weighted by molar-refractivity contribution is 5.93. The summed E-state index contributed by atoms with van der Waals surface area (Å²) in [5.41, 5.74) is 0.959. The predicted octanol–water partition coefficient (Wildman–Crippen LogP) is 4.01. The number of hydrogen-bond donors (Lipinski definition) is 0. The SMILES string of the molecule is CCC(=O)/C=C/c1ccc(OC)c(OC2CCCC2)c1. The zero-order valence-electron chi connectivity index (χ0n) is 12.2. The summed E-state index contributed by atoms with van der Waals surface area (Å²) in [4.78, 5) is 11.3. The summed E-state index contributed by atoms with van der Waals surface area (Å²) in [6.07, 6.45) is 8.94. The number of hydrogen-bond acceptors (Lipinski definition) is 3. The first kappa shape index (κ1) is 14.6. The molecular formula is C17H22O3. The molecule has 1 aromatic rings. The second-order valence-corrected chi connectivity index (χ2v) is 5.09. The molecule has 0 bridgehead atoms. The molecule has 1 fully saturated rings. The first-order valence-corrected chi connectivity index (χ1v) is 7.28. The lowest BCUT2D eigenvalue weighted by atomic mass is 10.1. The van der Waals surface area contributed by atoms with Gasteiger partial charge in [0, 0.05) is 6.42 Å². The molecule has 0 aromatic heterocycles. The van der Waals surface area contributed by atoms with Crippen LogP contribution in [0, 0.1) is 0 Å². The average Bonchev–Trinajstić information content (AvgIpc) is 2.98. The number of ketones is 1. The first-order valence-electron chi connectivity index (χ1n) is 7.28. The Morgan fingerprint density at radius 3 is 2.70 bits per heavy atom. The van der Waals surface area contributed by atoms with Gasteiger partial charge in [0.05, 0.1) is 13.2 Å². The minimum absolute atomic E-state index is 0.124. The fourth-order valence-corrected chi connectivity index (χ4v) is 2.38. The van der Waals surface area contributed by atoms with Gasteiger partial charge in [0.25, 0.3) is 0 Å². The second-order valence-electron chi connectivity index (χ2n) is 5.09. The molecule has 0 atom stereocenters. The summed E-state index contributed by atoms with van der Waals surface area (Å²) in [5, 5.41) is 0. The Balaban J connectivity index is 2.14. The van der Waals surface area contributed by atoms with Crippen molar-refractivity contribution in [3.05, 3.63) is 29.8 Å². The lowest BCUT2D eigenvalue weighted by Gasteiger charge is -2.16. The summed E-state index contributed by atoms with van der Waals surface area (Å²) in [6.45, 7) is 1.86. The van der Waals surface area contributed by atoms with Crippen molar-refractivity contribution in [1.82, 2.24) is 0 Å². The molecule has 20 heavy (non-hydrogen) atoms. The van der Waals surface area contributed by atoms with E-state index in [0.29, 0.717) is 12.5 Å². The zero-order chi connectivity index (χ0) is 14.4. The molecule has 0 radical (unpaired) electrons. The van der Waals surface area contributed by atoms with Gasteiger partial charge < -0.3 is 9.47 Å².